The van der Waals surface area contributed by atoms with Crippen LogP contribution in [0.15, 0.2) is 42.5 Å². The minimum Gasteiger partial charge on any atom is -0.497 e. The lowest BCUT2D eigenvalue weighted by Crippen LogP contribution is -2.03. The van der Waals surface area contributed by atoms with E-state index < -0.39 is 6.10 Å². The molecule has 2 aromatic rings. The van der Waals surface area contributed by atoms with Crippen LogP contribution in [0.4, 0.5) is 0 Å². The Morgan fingerprint density at radius 1 is 1.05 bits per heavy atom. The highest BCUT2D eigenvalue weighted by Crippen LogP contribution is 2.41. The van der Waals surface area contributed by atoms with Crippen LogP contribution in [-0.4, -0.2) is 19.3 Å². The number of hydrogen-bond donors (Lipinski definition) is 1. The standard InChI is InChI=1S/C18H20O3/c1-20-15-8-9-16(17(11-15)21-2)18(19)14-5-3-4-13(10-14)12-6-7-12/h3-5,8-12,18-19H,6-7H2,1-2H3. The second kappa shape index (κ2) is 5.78. The third-order valence-corrected chi connectivity index (χ3v) is 4.01. The lowest BCUT2D eigenvalue weighted by atomic mass is 9.97. The molecule has 1 aliphatic rings. The smallest absolute Gasteiger partial charge is 0.128 e. The van der Waals surface area contributed by atoms with E-state index in [2.05, 4.69) is 12.1 Å². The van der Waals surface area contributed by atoms with Gasteiger partial charge in [0, 0.05) is 11.6 Å². The first-order valence-electron chi connectivity index (χ1n) is 7.22. The van der Waals surface area contributed by atoms with Gasteiger partial charge in [0.05, 0.1) is 14.2 Å². The second-order valence-electron chi connectivity index (χ2n) is 5.45. The number of aliphatic hydroxyl groups excluding tert-OH is 1. The Labute approximate surface area is 125 Å². The Bertz CT molecular complexity index is 632. The molecule has 0 amide bonds. The van der Waals surface area contributed by atoms with Crippen LogP contribution in [-0.2, 0) is 0 Å². The van der Waals surface area contributed by atoms with E-state index in [1.54, 1.807) is 20.3 Å². The van der Waals surface area contributed by atoms with Crippen molar-refractivity contribution in [3.63, 3.8) is 0 Å². The molecule has 0 bridgehead atoms. The van der Waals surface area contributed by atoms with Crippen molar-refractivity contribution in [3.8, 4) is 11.5 Å². The third kappa shape index (κ3) is 2.88. The minimum atomic E-state index is -0.690. The largest absolute Gasteiger partial charge is 0.497 e. The SMILES string of the molecule is COc1ccc(C(O)c2cccc(C3CC3)c2)c(OC)c1. The van der Waals surface area contributed by atoms with Gasteiger partial charge in [-0.1, -0.05) is 24.3 Å². The van der Waals surface area contributed by atoms with Gasteiger partial charge in [-0.05, 0) is 42.0 Å². The van der Waals surface area contributed by atoms with Crippen LogP contribution in [0.25, 0.3) is 0 Å². The molecular formula is C18H20O3. The first kappa shape index (κ1) is 14.0. The minimum absolute atomic E-state index is 0.638. The maximum atomic E-state index is 10.7. The molecule has 1 aliphatic carbocycles. The summed E-state index contributed by atoms with van der Waals surface area (Å²) in [5, 5.41) is 10.7. The van der Waals surface area contributed by atoms with Crippen molar-refractivity contribution in [3.05, 3.63) is 59.2 Å². The molecule has 3 nitrogen and oxygen atoms in total. The van der Waals surface area contributed by atoms with Crippen molar-refractivity contribution >= 4 is 0 Å². The molecule has 0 aliphatic heterocycles. The molecule has 0 spiro atoms. The molecule has 1 fully saturated rings. The number of rotatable bonds is 5. The Morgan fingerprint density at radius 2 is 1.86 bits per heavy atom. The molecule has 21 heavy (non-hydrogen) atoms. The lowest BCUT2D eigenvalue weighted by Gasteiger charge is -2.17. The summed E-state index contributed by atoms with van der Waals surface area (Å²) in [6.07, 6.45) is 1.82. The third-order valence-electron chi connectivity index (χ3n) is 4.01. The molecule has 0 heterocycles. The van der Waals surface area contributed by atoms with Crippen molar-refractivity contribution in [1.82, 2.24) is 0 Å². The molecule has 110 valence electrons. The highest BCUT2D eigenvalue weighted by molar-refractivity contribution is 5.45. The van der Waals surface area contributed by atoms with E-state index >= 15 is 0 Å². The van der Waals surface area contributed by atoms with Gasteiger partial charge in [0.2, 0.25) is 0 Å². The Balaban J connectivity index is 1.93. The highest BCUT2D eigenvalue weighted by Gasteiger charge is 2.24. The predicted octanol–water partition coefficient (Wildman–Crippen LogP) is 3.66. The monoisotopic (exact) mass is 284 g/mol. The van der Waals surface area contributed by atoms with Gasteiger partial charge >= 0.3 is 0 Å². The van der Waals surface area contributed by atoms with Crippen LogP contribution in [0.3, 0.4) is 0 Å². The topological polar surface area (TPSA) is 38.7 Å². The van der Waals surface area contributed by atoms with E-state index in [0.29, 0.717) is 11.7 Å². The number of hydrogen-bond acceptors (Lipinski definition) is 3. The summed E-state index contributed by atoms with van der Waals surface area (Å²) in [6.45, 7) is 0. The van der Waals surface area contributed by atoms with Gasteiger partial charge in [-0.3, -0.25) is 0 Å². The van der Waals surface area contributed by atoms with Crippen LogP contribution >= 0.6 is 0 Å². The van der Waals surface area contributed by atoms with Gasteiger partial charge in [0.15, 0.2) is 0 Å². The van der Waals surface area contributed by atoms with Crippen LogP contribution in [0, 0.1) is 0 Å². The summed E-state index contributed by atoms with van der Waals surface area (Å²) >= 11 is 0. The Morgan fingerprint density at radius 3 is 2.52 bits per heavy atom. The average Bonchev–Trinajstić information content (AvgIpc) is 3.38. The van der Waals surface area contributed by atoms with Crippen molar-refractivity contribution in [2.45, 2.75) is 24.9 Å². The maximum absolute atomic E-state index is 10.7. The molecular weight excluding hydrogens is 264 g/mol. The molecule has 2 aromatic carbocycles. The highest BCUT2D eigenvalue weighted by atomic mass is 16.5. The quantitative estimate of drug-likeness (QED) is 0.910. The van der Waals surface area contributed by atoms with Crippen LogP contribution in [0.5, 0.6) is 11.5 Å². The van der Waals surface area contributed by atoms with E-state index in [-0.39, 0.29) is 0 Å². The maximum Gasteiger partial charge on any atom is 0.128 e. The van der Waals surface area contributed by atoms with Crippen molar-refractivity contribution in [2.75, 3.05) is 14.2 Å². The zero-order chi connectivity index (χ0) is 14.8. The lowest BCUT2D eigenvalue weighted by molar-refractivity contribution is 0.214. The fourth-order valence-corrected chi connectivity index (χ4v) is 2.62. The second-order valence-corrected chi connectivity index (χ2v) is 5.45. The van der Waals surface area contributed by atoms with Gasteiger partial charge in [-0.2, -0.15) is 0 Å². The molecule has 3 rings (SSSR count). The van der Waals surface area contributed by atoms with E-state index in [9.17, 15) is 5.11 Å². The normalized spacial score (nSPS) is 15.6. The van der Waals surface area contributed by atoms with Crippen LogP contribution < -0.4 is 9.47 Å². The molecule has 1 saturated carbocycles. The van der Waals surface area contributed by atoms with Crippen molar-refractivity contribution in [2.24, 2.45) is 0 Å². The molecule has 1 N–H and O–H groups in total. The summed E-state index contributed by atoms with van der Waals surface area (Å²) in [7, 11) is 3.22. The van der Waals surface area contributed by atoms with Gasteiger partial charge in [-0.25, -0.2) is 0 Å². The summed E-state index contributed by atoms with van der Waals surface area (Å²) in [6, 6.07) is 13.7. The van der Waals surface area contributed by atoms with E-state index in [0.717, 1.165) is 16.9 Å². The summed E-state index contributed by atoms with van der Waals surface area (Å²) in [5.41, 5.74) is 2.98. The first-order valence-corrected chi connectivity index (χ1v) is 7.22. The van der Waals surface area contributed by atoms with Crippen molar-refractivity contribution in [1.29, 1.82) is 0 Å². The van der Waals surface area contributed by atoms with E-state index in [1.807, 2.05) is 24.3 Å². The van der Waals surface area contributed by atoms with Gasteiger partial charge in [0.1, 0.15) is 17.6 Å². The van der Waals surface area contributed by atoms with Crippen LogP contribution in [0.1, 0.15) is 41.6 Å². The number of aliphatic hydroxyl groups is 1. The first-order chi connectivity index (χ1) is 10.2. The summed E-state index contributed by atoms with van der Waals surface area (Å²) < 4.78 is 10.6. The van der Waals surface area contributed by atoms with Gasteiger partial charge in [0.25, 0.3) is 0 Å². The molecule has 1 unspecified atom stereocenters. The summed E-state index contributed by atoms with van der Waals surface area (Å²) in [4.78, 5) is 0. The zero-order valence-corrected chi connectivity index (χ0v) is 12.4. The van der Waals surface area contributed by atoms with Crippen molar-refractivity contribution < 1.29 is 14.6 Å². The van der Waals surface area contributed by atoms with Crippen LogP contribution in [0.2, 0.25) is 0 Å². The molecule has 3 heteroatoms. The molecule has 0 saturated heterocycles. The zero-order valence-electron chi connectivity index (χ0n) is 12.4. The fourth-order valence-electron chi connectivity index (χ4n) is 2.62. The van der Waals surface area contributed by atoms with E-state index in [4.69, 9.17) is 9.47 Å². The average molecular weight is 284 g/mol. The molecule has 0 aromatic heterocycles. The predicted molar refractivity (Wildman–Crippen MR) is 82.0 cm³/mol. The fraction of sp³-hybridized carbons (Fsp3) is 0.333. The van der Waals surface area contributed by atoms with E-state index in [1.165, 1.54) is 18.4 Å². The Kier molecular flexibility index (Phi) is 3.84. The van der Waals surface area contributed by atoms with Gasteiger partial charge < -0.3 is 14.6 Å². The molecule has 1 atom stereocenters. The number of ether oxygens (including phenoxy) is 2. The number of methoxy groups -OCH3 is 2. The Hall–Kier alpha value is -2.00. The summed E-state index contributed by atoms with van der Waals surface area (Å²) in [5.74, 6) is 2.03. The number of benzene rings is 2. The molecule has 0 radical (unpaired) electrons. The van der Waals surface area contributed by atoms with Gasteiger partial charge in [-0.15, -0.1) is 0 Å².